The molecular formula is C14H16O6. The average molecular weight is 280 g/mol. The predicted octanol–water partition coefficient (Wildman–Crippen LogP) is 2.58. The highest BCUT2D eigenvalue weighted by atomic mass is 17.2. The van der Waals surface area contributed by atoms with Crippen LogP contribution in [0.4, 0.5) is 0 Å². The molecule has 6 nitrogen and oxygen atoms in total. The molecule has 0 aromatic heterocycles. The molecule has 0 spiro atoms. The summed E-state index contributed by atoms with van der Waals surface area (Å²) in [5, 5.41) is 8.79. The zero-order chi connectivity index (χ0) is 15.0. The van der Waals surface area contributed by atoms with Gasteiger partial charge < -0.3 is 5.11 Å². The fraction of sp³-hybridized carbons (Fsp3) is 0.357. The number of carboxylic acids is 1. The molecule has 0 fully saturated rings. The molecule has 20 heavy (non-hydrogen) atoms. The first-order valence-electron chi connectivity index (χ1n) is 6.29. The van der Waals surface area contributed by atoms with E-state index in [1.807, 2.05) is 6.92 Å². The molecule has 0 saturated carbocycles. The monoisotopic (exact) mass is 280 g/mol. The van der Waals surface area contributed by atoms with E-state index in [1.165, 1.54) is 18.2 Å². The van der Waals surface area contributed by atoms with Crippen LogP contribution >= 0.6 is 0 Å². The molecule has 0 aliphatic carbocycles. The van der Waals surface area contributed by atoms with Gasteiger partial charge in [0, 0.05) is 0 Å². The summed E-state index contributed by atoms with van der Waals surface area (Å²) in [6.07, 6.45) is 2.70. The van der Waals surface area contributed by atoms with E-state index in [0.717, 1.165) is 18.9 Å². The first-order valence-corrected chi connectivity index (χ1v) is 6.29. The van der Waals surface area contributed by atoms with Gasteiger partial charge >= 0.3 is 17.9 Å². The van der Waals surface area contributed by atoms with Gasteiger partial charge in [0.15, 0.2) is 0 Å². The van der Waals surface area contributed by atoms with E-state index in [0.29, 0.717) is 6.42 Å². The first-order chi connectivity index (χ1) is 9.54. The molecule has 0 aliphatic heterocycles. The summed E-state index contributed by atoms with van der Waals surface area (Å²) in [7, 11) is 0. The highest BCUT2D eigenvalue weighted by molar-refractivity contribution is 5.94. The fourth-order valence-corrected chi connectivity index (χ4v) is 1.47. The van der Waals surface area contributed by atoms with Crippen LogP contribution in [0.2, 0.25) is 0 Å². The minimum absolute atomic E-state index is 0.00579. The van der Waals surface area contributed by atoms with Crippen molar-refractivity contribution in [3.63, 3.8) is 0 Å². The average Bonchev–Trinajstić information content (AvgIpc) is 2.45. The second-order valence-corrected chi connectivity index (χ2v) is 4.17. The Bertz CT molecular complexity index is 494. The summed E-state index contributed by atoms with van der Waals surface area (Å²) in [6, 6.07) is 5.27. The van der Waals surface area contributed by atoms with Crippen LogP contribution in [-0.2, 0) is 14.6 Å². The van der Waals surface area contributed by atoms with Crippen molar-refractivity contribution in [2.24, 2.45) is 0 Å². The van der Waals surface area contributed by atoms with Crippen molar-refractivity contribution in [2.45, 2.75) is 32.6 Å². The minimum Gasteiger partial charge on any atom is -0.478 e. The van der Waals surface area contributed by atoms with Crippen LogP contribution in [0.1, 0.15) is 53.3 Å². The molecule has 0 amide bonds. The van der Waals surface area contributed by atoms with Crippen LogP contribution in [-0.4, -0.2) is 23.0 Å². The van der Waals surface area contributed by atoms with Gasteiger partial charge in [-0.2, -0.15) is 0 Å². The molecule has 108 valence electrons. The lowest BCUT2D eigenvalue weighted by Crippen LogP contribution is -2.12. The van der Waals surface area contributed by atoms with Crippen molar-refractivity contribution in [3.05, 3.63) is 35.4 Å². The van der Waals surface area contributed by atoms with Gasteiger partial charge in [0.25, 0.3) is 0 Å². The summed E-state index contributed by atoms with van der Waals surface area (Å²) in [6.45, 7) is 2.00. The smallest absolute Gasteiger partial charge is 0.386 e. The van der Waals surface area contributed by atoms with Gasteiger partial charge in [0.1, 0.15) is 0 Å². The molecule has 0 bridgehead atoms. The number of hydrogen-bond donors (Lipinski definition) is 1. The van der Waals surface area contributed by atoms with Gasteiger partial charge in [-0.25, -0.2) is 24.2 Å². The number of carboxylic acid groups (broad SMARTS) is 1. The number of carbonyl (C=O) groups excluding carboxylic acids is 2. The predicted molar refractivity (Wildman–Crippen MR) is 69.1 cm³/mol. The molecule has 0 unspecified atom stereocenters. The molecule has 0 heterocycles. The third-order valence-electron chi connectivity index (χ3n) is 2.54. The molecule has 1 aromatic rings. The second kappa shape index (κ2) is 7.93. The standard InChI is InChI=1S/C14H16O6/c1-2-3-4-8-12(15)19-20-14(18)11-7-5-6-10(9-11)13(16)17/h5-7,9H,2-4,8H2,1H3,(H,16,17). The maximum atomic E-state index is 11.6. The Morgan fingerprint density at radius 2 is 1.80 bits per heavy atom. The van der Waals surface area contributed by atoms with E-state index in [-0.39, 0.29) is 17.5 Å². The van der Waals surface area contributed by atoms with Crippen LogP contribution in [0, 0.1) is 0 Å². The first kappa shape index (κ1) is 15.7. The SMILES string of the molecule is CCCCCC(=O)OOC(=O)c1cccc(C(=O)O)c1. The lowest BCUT2D eigenvalue weighted by molar-refractivity contribution is -0.234. The van der Waals surface area contributed by atoms with Crippen LogP contribution in [0.5, 0.6) is 0 Å². The van der Waals surface area contributed by atoms with Crippen molar-refractivity contribution >= 4 is 17.9 Å². The minimum atomic E-state index is -1.16. The highest BCUT2D eigenvalue weighted by Gasteiger charge is 2.14. The van der Waals surface area contributed by atoms with Gasteiger partial charge in [0.2, 0.25) is 0 Å². The fourth-order valence-electron chi connectivity index (χ4n) is 1.47. The topological polar surface area (TPSA) is 89.9 Å². The highest BCUT2D eigenvalue weighted by Crippen LogP contribution is 2.08. The van der Waals surface area contributed by atoms with E-state index in [2.05, 4.69) is 9.78 Å². The number of rotatable bonds is 6. The van der Waals surface area contributed by atoms with Crippen LogP contribution in [0.25, 0.3) is 0 Å². The number of unbranched alkanes of at least 4 members (excludes halogenated alkanes) is 2. The summed E-state index contributed by atoms with van der Waals surface area (Å²) < 4.78 is 0. The quantitative estimate of drug-likeness (QED) is 0.489. The van der Waals surface area contributed by atoms with E-state index in [4.69, 9.17) is 5.11 Å². The summed E-state index contributed by atoms with van der Waals surface area (Å²) >= 11 is 0. The molecule has 0 saturated heterocycles. The Kier molecular flexibility index (Phi) is 6.22. The van der Waals surface area contributed by atoms with E-state index in [1.54, 1.807) is 0 Å². The van der Waals surface area contributed by atoms with Crippen molar-refractivity contribution < 1.29 is 29.3 Å². The number of aromatic carboxylic acids is 1. The Morgan fingerprint density at radius 1 is 1.10 bits per heavy atom. The molecular weight excluding hydrogens is 264 g/mol. The summed E-state index contributed by atoms with van der Waals surface area (Å²) in [5.41, 5.74) is -0.0417. The van der Waals surface area contributed by atoms with E-state index >= 15 is 0 Å². The Labute approximate surface area is 116 Å². The maximum Gasteiger partial charge on any atom is 0.386 e. The van der Waals surface area contributed by atoms with Gasteiger partial charge in [0.05, 0.1) is 17.5 Å². The van der Waals surface area contributed by atoms with Gasteiger partial charge in [-0.15, -0.1) is 0 Å². The molecule has 6 heteroatoms. The summed E-state index contributed by atoms with van der Waals surface area (Å²) in [5.74, 6) is -2.69. The molecule has 1 aromatic carbocycles. The number of benzene rings is 1. The molecule has 1 rings (SSSR count). The summed E-state index contributed by atoms with van der Waals surface area (Å²) in [4.78, 5) is 42.3. The third kappa shape index (κ3) is 5.09. The Morgan fingerprint density at radius 3 is 2.45 bits per heavy atom. The van der Waals surface area contributed by atoms with Crippen molar-refractivity contribution in [1.29, 1.82) is 0 Å². The van der Waals surface area contributed by atoms with E-state index < -0.39 is 17.9 Å². The Balaban J connectivity index is 2.48. The normalized spacial score (nSPS) is 9.85. The zero-order valence-corrected chi connectivity index (χ0v) is 11.1. The zero-order valence-electron chi connectivity index (χ0n) is 11.1. The largest absolute Gasteiger partial charge is 0.478 e. The van der Waals surface area contributed by atoms with Gasteiger partial charge in [-0.1, -0.05) is 25.8 Å². The van der Waals surface area contributed by atoms with Crippen LogP contribution in [0.3, 0.4) is 0 Å². The van der Waals surface area contributed by atoms with Crippen molar-refractivity contribution in [3.8, 4) is 0 Å². The van der Waals surface area contributed by atoms with Crippen molar-refractivity contribution in [2.75, 3.05) is 0 Å². The van der Waals surface area contributed by atoms with Gasteiger partial charge in [-0.3, -0.25) is 0 Å². The lowest BCUT2D eigenvalue weighted by atomic mass is 10.1. The van der Waals surface area contributed by atoms with Crippen LogP contribution in [0.15, 0.2) is 24.3 Å². The number of hydrogen-bond acceptors (Lipinski definition) is 5. The maximum absolute atomic E-state index is 11.6. The lowest BCUT2D eigenvalue weighted by Gasteiger charge is -2.03. The van der Waals surface area contributed by atoms with Crippen molar-refractivity contribution in [1.82, 2.24) is 0 Å². The number of carbonyl (C=O) groups is 3. The van der Waals surface area contributed by atoms with Gasteiger partial charge in [-0.05, 0) is 24.6 Å². The van der Waals surface area contributed by atoms with Crippen LogP contribution < -0.4 is 0 Å². The molecule has 0 radical (unpaired) electrons. The second-order valence-electron chi connectivity index (χ2n) is 4.17. The molecule has 1 N–H and O–H groups in total. The molecule has 0 atom stereocenters. The van der Waals surface area contributed by atoms with E-state index in [9.17, 15) is 14.4 Å². The molecule has 0 aliphatic rings. The Hall–Kier alpha value is -2.37. The third-order valence-corrected chi connectivity index (χ3v) is 2.54.